The fourth-order valence-electron chi connectivity index (χ4n) is 4.88. The average Bonchev–Trinajstić information content (AvgIpc) is 3.13. The van der Waals surface area contributed by atoms with Crippen molar-refractivity contribution in [3.05, 3.63) is 29.3 Å². The number of hydrogen-bond acceptors (Lipinski definition) is 9. The maximum absolute atomic E-state index is 13.1. The molecule has 0 aliphatic carbocycles. The van der Waals surface area contributed by atoms with Crippen LogP contribution in [0.25, 0.3) is 0 Å². The molecular weight excluding hydrogens is 482 g/mol. The maximum Gasteiger partial charge on any atom is 0.264 e. The van der Waals surface area contributed by atoms with Crippen molar-refractivity contribution in [3.63, 3.8) is 0 Å². The zero-order valence-electron chi connectivity index (χ0n) is 20.7. The van der Waals surface area contributed by atoms with Gasteiger partial charge in [0.05, 0.1) is 37.6 Å². The van der Waals surface area contributed by atoms with E-state index in [4.69, 9.17) is 15.2 Å². The lowest BCUT2D eigenvalue weighted by Crippen LogP contribution is -2.54. The van der Waals surface area contributed by atoms with E-state index in [-0.39, 0.29) is 35.8 Å². The highest BCUT2D eigenvalue weighted by molar-refractivity contribution is 6.25. The van der Waals surface area contributed by atoms with Crippen LogP contribution in [0.4, 0.5) is 5.69 Å². The molecule has 12 nitrogen and oxygen atoms in total. The van der Waals surface area contributed by atoms with Gasteiger partial charge in [-0.25, -0.2) is 0 Å². The van der Waals surface area contributed by atoms with E-state index in [0.717, 1.165) is 37.4 Å². The molecule has 0 aromatic heterocycles. The maximum atomic E-state index is 13.1. The molecule has 3 heterocycles. The first-order valence-corrected chi connectivity index (χ1v) is 12.6. The normalized spacial score (nSPS) is 20.8. The number of anilines is 1. The molecule has 12 heteroatoms. The van der Waals surface area contributed by atoms with Gasteiger partial charge in [-0.1, -0.05) is 6.07 Å². The number of nitrogens with one attached hydrogen (secondary N) is 2. The van der Waals surface area contributed by atoms with Crippen molar-refractivity contribution in [2.45, 2.75) is 31.7 Å². The van der Waals surface area contributed by atoms with Crippen molar-refractivity contribution in [1.29, 1.82) is 0 Å². The van der Waals surface area contributed by atoms with Crippen molar-refractivity contribution in [1.82, 2.24) is 15.1 Å². The van der Waals surface area contributed by atoms with Gasteiger partial charge in [-0.15, -0.1) is 0 Å². The largest absolute Gasteiger partial charge is 0.382 e. The van der Waals surface area contributed by atoms with Crippen LogP contribution in [0.15, 0.2) is 18.2 Å². The van der Waals surface area contributed by atoms with Crippen LogP contribution in [0.2, 0.25) is 0 Å². The van der Waals surface area contributed by atoms with E-state index >= 15 is 0 Å². The summed E-state index contributed by atoms with van der Waals surface area (Å²) in [6, 6.07) is 3.93. The molecule has 3 aliphatic heterocycles. The second kappa shape index (κ2) is 12.3. The lowest BCUT2D eigenvalue weighted by Gasteiger charge is -2.30. The van der Waals surface area contributed by atoms with E-state index in [1.54, 1.807) is 18.2 Å². The Morgan fingerprint density at radius 2 is 1.73 bits per heavy atom. The van der Waals surface area contributed by atoms with Gasteiger partial charge >= 0.3 is 0 Å². The number of carbonyl (C=O) groups excluding carboxylic acids is 5. The molecule has 1 atom stereocenters. The SMILES string of the molecule is NC(=O)C1CCN(CCOCCOCCNc2cccc3c2C(=O)N(C2CCC(=O)NC2=O)C3=O)CC1. The number of ether oxygens (including phenoxy) is 2. The molecule has 200 valence electrons. The van der Waals surface area contributed by atoms with Crippen LogP contribution < -0.4 is 16.4 Å². The molecule has 0 saturated carbocycles. The number of amides is 5. The van der Waals surface area contributed by atoms with Gasteiger partial charge in [0.1, 0.15) is 6.04 Å². The van der Waals surface area contributed by atoms with Gasteiger partial charge in [0, 0.05) is 31.1 Å². The smallest absolute Gasteiger partial charge is 0.264 e. The van der Waals surface area contributed by atoms with Gasteiger partial charge in [0.2, 0.25) is 17.7 Å². The highest BCUT2D eigenvalue weighted by Crippen LogP contribution is 2.32. The summed E-state index contributed by atoms with van der Waals surface area (Å²) >= 11 is 0. The molecule has 2 fully saturated rings. The van der Waals surface area contributed by atoms with E-state index in [0.29, 0.717) is 38.7 Å². The van der Waals surface area contributed by atoms with Gasteiger partial charge in [-0.05, 0) is 44.5 Å². The van der Waals surface area contributed by atoms with E-state index < -0.39 is 29.7 Å². The van der Waals surface area contributed by atoms with Crippen LogP contribution in [0.1, 0.15) is 46.4 Å². The highest BCUT2D eigenvalue weighted by atomic mass is 16.5. The van der Waals surface area contributed by atoms with Gasteiger partial charge in [0.25, 0.3) is 11.8 Å². The van der Waals surface area contributed by atoms with E-state index in [9.17, 15) is 24.0 Å². The minimum absolute atomic E-state index is 0.0148. The lowest BCUT2D eigenvalue weighted by molar-refractivity contribution is -0.136. The summed E-state index contributed by atoms with van der Waals surface area (Å²) in [5, 5.41) is 5.33. The van der Waals surface area contributed by atoms with Gasteiger partial charge in [0.15, 0.2) is 0 Å². The fourth-order valence-corrected chi connectivity index (χ4v) is 4.88. The third kappa shape index (κ3) is 6.32. The van der Waals surface area contributed by atoms with Crippen molar-refractivity contribution < 1.29 is 33.4 Å². The third-order valence-corrected chi connectivity index (χ3v) is 6.94. The number of nitrogens with two attached hydrogens (primary N) is 1. The number of rotatable bonds is 12. The summed E-state index contributed by atoms with van der Waals surface area (Å²) in [6.07, 6.45) is 1.78. The summed E-state index contributed by atoms with van der Waals surface area (Å²) in [6.45, 7) is 4.72. The number of fused-ring (bicyclic) bond motifs is 1. The van der Waals surface area contributed by atoms with Crippen LogP contribution in [-0.2, 0) is 23.9 Å². The van der Waals surface area contributed by atoms with E-state index in [2.05, 4.69) is 15.5 Å². The first kappa shape index (κ1) is 26.7. The molecule has 0 spiro atoms. The number of nitrogens with zero attached hydrogens (tertiary/aromatic N) is 2. The quantitative estimate of drug-likeness (QED) is 0.251. The minimum atomic E-state index is -0.997. The lowest BCUT2D eigenvalue weighted by atomic mass is 9.96. The molecule has 0 bridgehead atoms. The highest BCUT2D eigenvalue weighted by Gasteiger charge is 2.45. The Morgan fingerprint density at radius 1 is 1.00 bits per heavy atom. The first-order valence-electron chi connectivity index (χ1n) is 12.6. The average molecular weight is 516 g/mol. The van der Waals surface area contributed by atoms with Crippen molar-refractivity contribution in [2.24, 2.45) is 11.7 Å². The molecule has 1 unspecified atom stereocenters. The number of primary amides is 1. The topological polar surface area (TPSA) is 160 Å². The fraction of sp³-hybridized carbons (Fsp3) is 0.560. The Morgan fingerprint density at radius 3 is 2.43 bits per heavy atom. The number of carbonyl (C=O) groups is 5. The molecule has 0 radical (unpaired) electrons. The zero-order valence-corrected chi connectivity index (χ0v) is 20.7. The summed E-state index contributed by atoms with van der Waals surface area (Å²) in [5.41, 5.74) is 6.30. The summed E-state index contributed by atoms with van der Waals surface area (Å²) in [7, 11) is 0. The Bertz CT molecular complexity index is 1050. The Hall–Kier alpha value is -3.35. The minimum Gasteiger partial charge on any atom is -0.382 e. The molecular formula is C25H33N5O7. The Balaban J connectivity index is 1.15. The monoisotopic (exact) mass is 515 g/mol. The summed E-state index contributed by atoms with van der Waals surface area (Å²) < 4.78 is 11.2. The van der Waals surface area contributed by atoms with Crippen LogP contribution in [0, 0.1) is 5.92 Å². The molecule has 4 N–H and O–H groups in total. The van der Waals surface area contributed by atoms with Crippen molar-refractivity contribution >= 4 is 35.2 Å². The Labute approximate surface area is 214 Å². The number of imide groups is 2. The van der Waals surface area contributed by atoms with Crippen molar-refractivity contribution in [2.75, 3.05) is 57.9 Å². The number of benzene rings is 1. The van der Waals surface area contributed by atoms with E-state index in [1.807, 2.05) is 0 Å². The van der Waals surface area contributed by atoms with Gasteiger partial charge < -0.3 is 25.4 Å². The molecule has 2 saturated heterocycles. The molecule has 1 aromatic rings. The Kier molecular flexibility index (Phi) is 8.85. The first-order chi connectivity index (χ1) is 17.9. The van der Waals surface area contributed by atoms with Crippen LogP contribution in [-0.4, -0.2) is 98.0 Å². The predicted octanol–water partition coefficient (Wildman–Crippen LogP) is -0.270. The number of piperidine rings is 2. The zero-order chi connectivity index (χ0) is 26.4. The second-order valence-electron chi connectivity index (χ2n) is 9.35. The third-order valence-electron chi connectivity index (χ3n) is 6.94. The number of likely N-dealkylation sites (tertiary alicyclic amines) is 1. The van der Waals surface area contributed by atoms with Gasteiger partial charge in [-0.2, -0.15) is 0 Å². The summed E-state index contributed by atoms with van der Waals surface area (Å²) in [5.74, 6) is -2.36. The van der Waals surface area contributed by atoms with Gasteiger partial charge in [-0.3, -0.25) is 34.2 Å². The summed E-state index contributed by atoms with van der Waals surface area (Å²) in [4.78, 5) is 64.1. The molecule has 5 amide bonds. The van der Waals surface area contributed by atoms with Crippen molar-refractivity contribution in [3.8, 4) is 0 Å². The molecule has 37 heavy (non-hydrogen) atoms. The molecule has 1 aromatic carbocycles. The predicted molar refractivity (Wildman–Crippen MR) is 132 cm³/mol. The molecule has 3 aliphatic rings. The van der Waals surface area contributed by atoms with Crippen LogP contribution in [0.3, 0.4) is 0 Å². The standard InChI is InChI=1S/C25H33N5O7/c26-22(32)16-6-9-29(10-7-16)11-13-37-15-14-36-12-8-27-18-3-1-2-17-21(18)25(35)30(24(17)34)19-4-5-20(31)28-23(19)33/h1-3,16,19,27H,4-15H2,(H2,26,32)(H,28,31,33). The van der Waals surface area contributed by atoms with Crippen LogP contribution in [0.5, 0.6) is 0 Å². The number of hydrogen-bond donors (Lipinski definition) is 3. The molecule has 4 rings (SSSR count). The van der Waals surface area contributed by atoms with Crippen LogP contribution >= 0.6 is 0 Å². The van der Waals surface area contributed by atoms with E-state index in [1.165, 1.54) is 0 Å². The second-order valence-corrected chi connectivity index (χ2v) is 9.35.